The Balaban J connectivity index is 3.54. The number of nitrogens with one attached hydrogen (secondary N) is 1. The van der Waals surface area contributed by atoms with E-state index in [0.717, 1.165) is 0 Å². The minimum absolute atomic E-state index is 0.133. The Morgan fingerprint density at radius 1 is 1.64 bits per heavy atom. The molecule has 0 saturated heterocycles. The molecule has 0 aliphatic heterocycles. The van der Waals surface area contributed by atoms with Crippen LogP contribution < -0.4 is 5.32 Å². The van der Waals surface area contributed by atoms with Gasteiger partial charge in [-0.05, 0) is 6.92 Å². The Morgan fingerprint density at radius 2 is 2.18 bits per heavy atom. The van der Waals surface area contributed by atoms with E-state index in [1.165, 1.54) is 14.0 Å². The lowest BCUT2D eigenvalue weighted by atomic mass is 10.4. The highest BCUT2D eigenvalue weighted by Gasteiger charge is 2.09. The van der Waals surface area contributed by atoms with Crippen molar-refractivity contribution in [3.05, 3.63) is 0 Å². The number of esters is 1. The average molecular weight is 180 g/mol. The first-order valence-electron chi connectivity index (χ1n) is 3.06. The van der Waals surface area contributed by atoms with Crippen molar-refractivity contribution in [3.63, 3.8) is 0 Å². The molecule has 0 heterocycles. The number of carbonyl (C=O) groups is 2. The van der Waals surface area contributed by atoms with Gasteiger partial charge in [-0.1, -0.05) is 0 Å². The van der Waals surface area contributed by atoms with E-state index < -0.39 is 11.3 Å². The third kappa shape index (κ3) is 4.61. The lowest BCUT2D eigenvalue weighted by Crippen LogP contribution is -2.34. The zero-order chi connectivity index (χ0) is 8.85. The molecule has 1 N–H and O–H groups in total. The molecule has 1 atom stereocenters. The van der Waals surface area contributed by atoms with Crippen LogP contribution in [0, 0.1) is 0 Å². The van der Waals surface area contributed by atoms with Crippen LogP contribution >= 0.6 is 11.6 Å². The van der Waals surface area contributed by atoms with Crippen molar-refractivity contribution in [1.82, 2.24) is 5.32 Å². The second kappa shape index (κ2) is 4.96. The highest BCUT2D eigenvalue weighted by Crippen LogP contribution is 1.91. The van der Waals surface area contributed by atoms with Crippen LogP contribution in [0.3, 0.4) is 0 Å². The third-order valence-electron chi connectivity index (χ3n) is 0.996. The highest BCUT2D eigenvalue weighted by atomic mass is 35.5. The van der Waals surface area contributed by atoms with Gasteiger partial charge in [0.05, 0.1) is 7.11 Å². The molecular weight excluding hydrogens is 170 g/mol. The van der Waals surface area contributed by atoms with Crippen molar-refractivity contribution >= 4 is 23.5 Å². The summed E-state index contributed by atoms with van der Waals surface area (Å²) in [6, 6.07) is 0. The summed E-state index contributed by atoms with van der Waals surface area (Å²) in [5.74, 6) is -0.868. The summed E-state index contributed by atoms with van der Waals surface area (Å²) in [5.41, 5.74) is 0. The number of rotatable bonds is 3. The van der Waals surface area contributed by atoms with Gasteiger partial charge in [0.15, 0.2) is 0 Å². The maximum absolute atomic E-state index is 10.7. The summed E-state index contributed by atoms with van der Waals surface area (Å²) < 4.78 is 4.28. The molecule has 0 bridgehead atoms. The standard InChI is InChI=1S/C6H10ClNO3/c1-4(7)6(10)8-3-5(9)11-2/h4H,3H2,1-2H3,(H,8,10)/t4-/m1/s1. The van der Waals surface area contributed by atoms with Gasteiger partial charge in [0.1, 0.15) is 11.9 Å². The number of amides is 1. The van der Waals surface area contributed by atoms with Crippen molar-refractivity contribution in [2.75, 3.05) is 13.7 Å². The second-order valence-electron chi connectivity index (χ2n) is 1.91. The predicted molar refractivity (Wildman–Crippen MR) is 40.3 cm³/mol. The van der Waals surface area contributed by atoms with Gasteiger partial charge >= 0.3 is 5.97 Å². The largest absolute Gasteiger partial charge is 0.468 e. The van der Waals surface area contributed by atoms with Crippen molar-refractivity contribution in [3.8, 4) is 0 Å². The molecule has 0 unspecified atom stereocenters. The molecular formula is C6H10ClNO3. The fourth-order valence-corrected chi connectivity index (χ4v) is 0.449. The number of ether oxygens (including phenoxy) is 1. The monoisotopic (exact) mass is 179 g/mol. The SMILES string of the molecule is COC(=O)CNC(=O)[C@@H](C)Cl. The van der Waals surface area contributed by atoms with Crippen LogP contribution in [-0.4, -0.2) is 30.9 Å². The van der Waals surface area contributed by atoms with Crippen LogP contribution in [0.25, 0.3) is 0 Å². The van der Waals surface area contributed by atoms with E-state index in [-0.39, 0.29) is 12.5 Å². The minimum Gasteiger partial charge on any atom is -0.468 e. The fourth-order valence-electron chi connectivity index (χ4n) is 0.372. The fraction of sp³-hybridized carbons (Fsp3) is 0.667. The van der Waals surface area contributed by atoms with Crippen LogP contribution in [0.1, 0.15) is 6.92 Å². The first kappa shape index (κ1) is 10.2. The van der Waals surface area contributed by atoms with Crippen LogP contribution in [0.4, 0.5) is 0 Å². The van der Waals surface area contributed by atoms with Gasteiger partial charge in [0.25, 0.3) is 0 Å². The first-order chi connectivity index (χ1) is 5.07. The molecule has 0 aliphatic carbocycles. The molecule has 1 amide bonds. The maximum atomic E-state index is 10.7. The van der Waals surface area contributed by atoms with Crippen molar-refractivity contribution in [1.29, 1.82) is 0 Å². The number of hydrogen-bond acceptors (Lipinski definition) is 3. The molecule has 0 spiro atoms. The molecule has 0 aromatic carbocycles. The Hall–Kier alpha value is -0.770. The van der Waals surface area contributed by atoms with Crippen molar-refractivity contribution in [2.24, 2.45) is 0 Å². The van der Waals surface area contributed by atoms with Gasteiger partial charge in [-0.15, -0.1) is 11.6 Å². The van der Waals surface area contributed by atoms with Gasteiger partial charge in [-0.25, -0.2) is 0 Å². The van der Waals surface area contributed by atoms with E-state index in [1.54, 1.807) is 0 Å². The topological polar surface area (TPSA) is 55.4 Å². The van der Waals surface area contributed by atoms with Crippen LogP contribution in [-0.2, 0) is 14.3 Å². The maximum Gasteiger partial charge on any atom is 0.325 e. The van der Waals surface area contributed by atoms with Crippen LogP contribution in [0.5, 0.6) is 0 Å². The van der Waals surface area contributed by atoms with E-state index in [4.69, 9.17) is 11.6 Å². The van der Waals surface area contributed by atoms with E-state index in [1.807, 2.05) is 0 Å². The average Bonchev–Trinajstić information content (AvgIpc) is 1.99. The number of hydrogen-bond donors (Lipinski definition) is 1. The Bertz CT molecular complexity index is 158. The third-order valence-corrected chi connectivity index (χ3v) is 1.19. The lowest BCUT2D eigenvalue weighted by Gasteiger charge is -2.03. The van der Waals surface area contributed by atoms with E-state index in [9.17, 15) is 9.59 Å². The molecule has 11 heavy (non-hydrogen) atoms. The minimum atomic E-state index is -0.625. The molecule has 64 valence electrons. The van der Waals surface area contributed by atoms with Gasteiger partial charge in [-0.3, -0.25) is 9.59 Å². The van der Waals surface area contributed by atoms with Gasteiger partial charge in [0, 0.05) is 0 Å². The predicted octanol–water partition coefficient (Wildman–Crippen LogP) is -0.0971. The summed E-state index contributed by atoms with van der Waals surface area (Å²) in [4.78, 5) is 21.2. The highest BCUT2D eigenvalue weighted by molar-refractivity contribution is 6.30. The molecule has 5 heteroatoms. The number of carbonyl (C=O) groups excluding carboxylic acids is 2. The molecule has 0 radical (unpaired) electrons. The summed E-state index contributed by atoms with van der Waals surface area (Å²) >= 11 is 5.39. The Labute approximate surface area is 69.9 Å². The van der Waals surface area contributed by atoms with Gasteiger partial charge in [-0.2, -0.15) is 0 Å². The Kier molecular flexibility index (Phi) is 4.61. The summed E-state index contributed by atoms with van der Waals surface area (Å²) in [5, 5.41) is 1.66. The number of alkyl halides is 1. The van der Waals surface area contributed by atoms with Gasteiger partial charge in [0.2, 0.25) is 5.91 Å². The van der Waals surface area contributed by atoms with E-state index in [0.29, 0.717) is 0 Å². The first-order valence-corrected chi connectivity index (χ1v) is 3.50. The van der Waals surface area contributed by atoms with Crippen molar-refractivity contribution < 1.29 is 14.3 Å². The Morgan fingerprint density at radius 3 is 2.55 bits per heavy atom. The number of methoxy groups -OCH3 is 1. The molecule has 4 nitrogen and oxygen atoms in total. The molecule has 0 aromatic heterocycles. The smallest absolute Gasteiger partial charge is 0.325 e. The second-order valence-corrected chi connectivity index (χ2v) is 2.56. The molecule has 0 fully saturated rings. The van der Waals surface area contributed by atoms with E-state index >= 15 is 0 Å². The van der Waals surface area contributed by atoms with Gasteiger partial charge < -0.3 is 10.1 Å². The zero-order valence-electron chi connectivity index (χ0n) is 6.39. The normalized spacial score (nSPS) is 11.9. The summed E-state index contributed by atoms with van der Waals surface area (Å²) in [6.07, 6.45) is 0. The molecule has 0 saturated carbocycles. The molecule has 0 aromatic rings. The quantitative estimate of drug-likeness (QED) is 0.487. The summed E-state index contributed by atoms with van der Waals surface area (Å²) in [6.45, 7) is 1.39. The number of halogens is 1. The van der Waals surface area contributed by atoms with E-state index in [2.05, 4.69) is 10.1 Å². The zero-order valence-corrected chi connectivity index (χ0v) is 7.14. The molecule has 0 rings (SSSR count). The molecule has 0 aliphatic rings. The summed E-state index contributed by atoms with van der Waals surface area (Å²) in [7, 11) is 1.25. The van der Waals surface area contributed by atoms with Crippen LogP contribution in [0.2, 0.25) is 0 Å². The van der Waals surface area contributed by atoms with Crippen LogP contribution in [0.15, 0.2) is 0 Å². The van der Waals surface area contributed by atoms with Crippen molar-refractivity contribution in [2.45, 2.75) is 12.3 Å². The lowest BCUT2D eigenvalue weighted by molar-refractivity contribution is -0.141.